The van der Waals surface area contributed by atoms with Crippen molar-refractivity contribution in [2.75, 3.05) is 10.6 Å². The summed E-state index contributed by atoms with van der Waals surface area (Å²) in [6.45, 7) is 2.04. The van der Waals surface area contributed by atoms with E-state index in [1.54, 1.807) is 6.07 Å². The third-order valence-corrected chi connectivity index (χ3v) is 3.76. The smallest absolute Gasteiger partial charge is 0.334 e. The predicted octanol–water partition coefficient (Wildman–Crippen LogP) is 4.57. The Morgan fingerprint density at radius 3 is 2.31 bits per heavy atom. The summed E-state index contributed by atoms with van der Waals surface area (Å²) in [5.41, 5.74) is 1.53. The fraction of sp³-hybridized carbons (Fsp3) is 0.111. The Labute approximate surface area is 149 Å². The third-order valence-electron chi connectivity index (χ3n) is 3.76. The van der Waals surface area contributed by atoms with Gasteiger partial charge in [-0.1, -0.05) is 31.2 Å². The van der Waals surface area contributed by atoms with Crippen molar-refractivity contribution >= 4 is 28.7 Å². The molecule has 1 aromatic heterocycles. The molecule has 3 aromatic rings. The molecule has 0 aliphatic heterocycles. The van der Waals surface area contributed by atoms with E-state index >= 15 is 0 Å². The van der Waals surface area contributed by atoms with Gasteiger partial charge in [-0.05, 0) is 36.2 Å². The van der Waals surface area contributed by atoms with Crippen LogP contribution in [-0.2, 0) is 6.42 Å². The number of nitrogens with zero attached hydrogens (tertiary/aromatic N) is 3. The average molecular weight is 353 g/mol. The van der Waals surface area contributed by atoms with E-state index in [0.29, 0.717) is 5.69 Å². The van der Waals surface area contributed by atoms with Gasteiger partial charge in [-0.25, -0.2) is 14.4 Å². The largest absolute Gasteiger partial charge is 0.353 e. The maximum Gasteiger partial charge on any atom is 0.353 e. The van der Waals surface area contributed by atoms with E-state index in [-0.39, 0.29) is 23.0 Å². The van der Waals surface area contributed by atoms with Gasteiger partial charge in [0.15, 0.2) is 0 Å². The molecule has 7 nitrogen and oxygen atoms in total. The van der Waals surface area contributed by atoms with Crippen molar-refractivity contribution in [3.8, 4) is 0 Å². The van der Waals surface area contributed by atoms with Crippen molar-refractivity contribution in [2.24, 2.45) is 0 Å². The Bertz CT molecular complexity index is 931. The van der Waals surface area contributed by atoms with Gasteiger partial charge in [0.2, 0.25) is 11.6 Å². The van der Waals surface area contributed by atoms with Crippen LogP contribution < -0.4 is 10.6 Å². The van der Waals surface area contributed by atoms with E-state index in [1.165, 1.54) is 24.5 Å². The highest BCUT2D eigenvalue weighted by Gasteiger charge is 2.24. The zero-order valence-electron chi connectivity index (χ0n) is 13.9. The molecule has 3 rings (SSSR count). The number of nitro groups is 1. The van der Waals surface area contributed by atoms with Gasteiger partial charge in [-0.15, -0.1) is 0 Å². The van der Waals surface area contributed by atoms with Crippen molar-refractivity contribution in [3.63, 3.8) is 0 Å². The molecule has 0 saturated heterocycles. The summed E-state index contributed by atoms with van der Waals surface area (Å²) >= 11 is 0. The number of aryl methyl sites for hydroxylation is 1. The van der Waals surface area contributed by atoms with E-state index in [9.17, 15) is 14.5 Å². The molecule has 0 aliphatic carbocycles. The summed E-state index contributed by atoms with van der Waals surface area (Å²) in [7, 11) is 0. The molecular formula is C18H16FN5O2. The van der Waals surface area contributed by atoms with Crippen LogP contribution in [0.2, 0.25) is 0 Å². The zero-order chi connectivity index (χ0) is 18.5. The molecule has 0 bridgehead atoms. The molecule has 132 valence electrons. The second-order valence-corrected chi connectivity index (χ2v) is 5.46. The average Bonchev–Trinajstić information content (AvgIpc) is 2.64. The molecule has 0 atom stereocenters. The monoisotopic (exact) mass is 353 g/mol. The van der Waals surface area contributed by atoms with Crippen LogP contribution in [-0.4, -0.2) is 14.9 Å². The maximum atomic E-state index is 13.8. The Balaban J connectivity index is 1.95. The van der Waals surface area contributed by atoms with Crippen LogP contribution in [0.4, 0.5) is 33.1 Å². The lowest BCUT2D eigenvalue weighted by Gasteiger charge is -2.11. The molecule has 0 radical (unpaired) electrons. The number of hydrogen-bond acceptors (Lipinski definition) is 6. The van der Waals surface area contributed by atoms with Crippen molar-refractivity contribution in [1.29, 1.82) is 0 Å². The first-order valence-electron chi connectivity index (χ1n) is 7.95. The predicted molar refractivity (Wildman–Crippen MR) is 97.5 cm³/mol. The van der Waals surface area contributed by atoms with E-state index < -0.39 is 10.7 Å². The lowest BCUT2D eigenvalue weighted by molar-refractivity contribution is -0.383. The molecule has 0 spiro atoms. The summed E-state index contributed by atoms with van der Waals surface area (Å²) in [6.07, 6.45) is 2.07. The van der Waals surface area contributed by atoms with Crippen molar-refractivity contribution < 1.29 is 9.31 Å². The fourth-order valence-corrected chi connectivity index (χ4v) is 2.39. The summed E-state index contributed by atoms with van der Waals surface area (Å²) in [5, 5.41) is 17.1. The summed E-state index contributed by atoms with van der Waals surface area (Å²) in [5.74, 6) is -0.610. The van der Waals surface area contributed by atoms with Gasteiger partial charge < -0.3 is 10.6 Å². The second-order valence-electron chi connectivity index (χ2n) is 5.46. The van der Waals surface area contributed by atoms with Crippen LogP contribution in [0.1, 0.15) is 12.5 Å². The number of rotatable bonds is 6. The van der Waals surface area contributed by atoms with E-state index in [0.717, 1.165) is 12.0 Å². The summed E-state index contributed by atoms with van der Waals surface area (Å²) in [6, 6.07) is 13.3. The second kappa shape index (κ2) is 7.56. The van der Waals surface area contributed by atoms with Crippen LogP contribution in [0, 0.1) is 15.9 Å². The van der Waals surface area contributed by atoms with E-state index in [2.05, 4.69) is 20.6 Å². The lowest BCUT2D eigenvalue weighted by atomic mass is 10.1. The highest BCUT2D eigenvalue weighted by atomic mass is 19.1. The highest BCUT2D eigenvalue weighted by Crippen LogP contribution is 2.33. The van der Waals surface area contributed by atoms with Gasteiger partial charge >= 0.3 is 5.69 Å². The first-order chi connectivity index (χ1) is 12.6. The Morgan fingerprint density at radius 2 is 1.69 bits per heavy atom. The minimum atomic E-state index is -0.605. The number of benzene rings is 2. The van der Waals surface area contributed by atoms with Crippen LogP contribution in [0.25, 0.3) is 0 Å². The van der Waals surface area contributed by atoms with Crippen molar-refractivity contribution in [2.45, 2.75) is 13.3 Å². The molecule has 2 aromatic carbocycles. The normalized spacial score (nSPS) is 10.4. The molecule has 8 heteroatoms. The number of halogens is 1. The molecular weight excluding hydrogens is 337 g/mol. The van der Waals surface area contributed by atoms with Crippen molar-refractivity contribution in [3.05, 3.63) is 76.4 Å². The fourth-order valence-electron chi connectivity index (χ4n) is 2.39. The number of hydrogen-bond donors (Lipinski definition) is 2. The van der Waals surface area contributed by atoms with E-state index in [4.69, 9.17) is 0 Å². The minimum absolute atomic E-state index is 0.0214. The topological polar surface area (TPSA) is 93.0 Å². The van der Waals surface area contributed by atoms with E-state index in [1.807, 2.05) is 31.2 Å². The van der Waals surface area contributed by atoms with Gasteiger partial charge in [0, 0.05) is 5.69 Å². The Hall–Kier alpha value is -3.55. The molecule has 0 saturated carbocycles. The maximum absolute atomic E-state index is 13.8. The quantitative estimate of drug-likeness (QED) is 0.498. The molecule has 0 unspecified atom stereocenters. The molecule has 0 amide bonds. The first kappa shape index (κ1) is 17.3. The number of aromatic nitrogens is 2. The SMILES string of the molecule is CCc1ccc(Nc2ncnc(Nc3ccccc3F)c2[N+](=O)[O-])cc1. The van der Waals surface area contributed by atoms with Gasteiger partial charge in [0.05, 0.1) is 10.6 Å². The first-order valence-corrected chi connectivity index (χ1v) is 7.95. The molecule has 0 aliphatic rings. The van der Waals surface area contributed by atoms with Gasteiger partial charge in [-0.3, -0.25) is 10.1 Å². The number of para-hydroxylation sites is 1. The van der Waals surface area contributed by atoms with Crippen LogP contribution >= 0.6 is 0 Å². The van der Waals surface area contributed by atoms with Crippen molar-refractivity contribution in [1.82, 2.24) is 9.97 Å². The van der Waals surface area contributed by atoms with Gasteiger partial charge in [0.1, 0.15) is 12.1 Å². The Morgan fingerprint density at radius 1 is 1.04 bits per heavy atom. The highest BCUT2D eigenvalue weighted by molar-refractivity contribution is 5.76. The number of anilines is 4. The Kier molecular flexibility index (Phi) is 5.02. The zero-order valence-corrected chi connectivity index (χ0v) is 13.9. The molecule has 1 heterocycles. The number of nitrogens with one attached hydrogen (secondary N) is 2. The third kappa shape index (κ3) is 3.75. The van der Waals surface area contributed by atoms with Gasteiger partial charge in [-0.2, -0.15) is 0 Å². The molecule has 2 N–H and O–H groups in total. The molecule has 26 heavy (non-hydrogen) atoms. The summed E-state index contributed by atoms with van der Waals surface area (Å²) in [4.78, 5) is 18.8. The van der Waals surface area contributed by atoms with Crippen LogP contribution in [0.3, 0.4) is 0 Å². The molecule has 0 fully saturated rings. The standard InChI is InChI=1S/C18H16FN5O2/c1-2-12-7-9-13(10-8-12)22-17-16(24(25)26)18(21-11-20-17)23-15-6-4-3-5-14(15)19/h3-11H,2H2,1H3,(H2,20,21,22,23). The lowest BCUT2D eigenvalue weighted by Crippen LogP contribution is -2.06. The summed E-state index contributed by atoms with van der Waals surface area (Å²) < 4.78 is 13.8. The van der Waals surface area contributed by atoms with Crippen LogP contribution in [0.5, 0.6) is 0 Å². The van der Waals surface area contributed by atoms with Crippen LogP contribution in [0.15, 0.2) is 54.9 Å². The minimum Gasteiger partial charge on any atom is -0.334 e. The van der Waals surface area contributed by atoms with Gasteiger partial charge in [0.25, 0.3) is 0 Å².